The van der Waals surface area contributed by atoms with Gasteiger partial charge in [-0.15, -0.1) is 0 Å². The van der Waals surface area contributed by atoms with E-state index in [0.717, 1.165) is 0 Å². The lowest BCUT2D eigenvalue weighted by Gasteiger charge is -2.16. The fourth-order valence-corrected chi connectivity index (χ4v) is 2.44. The second-order valence-corrected chi connectivity index (χ2v) is 3.45. The molecule has 2 heteroatoms. The van der Waals surface area contributed by atoms with Crippen molar-refractivity contribution in [2.45, 2.75) is 12.7 Å². The number of rotatable bonds is 2. The summed E-state index contributed by atoms with van der Waals surface area (Å²) in [6, 6.07) is 0. The minimum absolute atomic E-state index is 0.0104. The summed E-state index contributed by atoms with van der Waals surface area (Å²) in [7, 11) is 3.41. The van der Waals surface area contributed by atoms with Gasteiger partial charge >= 0.3 is 0 Å². The van der Waals surface area contributed by atoms with E-state index in [4.69, 9.17) is 9.47 Å². The lowest BCUT2D eigenvalue weighted by Crippen LogP contribution is -2.22. The first-order valence-corrected chi connectivity index (χ1v) is 4.21. The predicted molar refractivity (Wildman–Crippen MR) is 46.6 cm³/mol. The summed E-state index contributed by atoms with van der Waals surface area (Å²) in [5.74, 6) is 0.00579. The van der Waals surface area contributed by atoms with E-state index in [1.807, 2.05) is 0 Å². The summed E-state index contributed by atoms with van der Waals surface area (Å²) in [4.78, 5) is 0. The average Bonchev–Trinajstić information content (AvgIpc) is 2.51. The number of hydrogen-bond acceptors (Lipinski definition) is 2. The zero-order valence-electron chi connectivity index (χ0n) is 7.70. The van der Waals surface area contributed by atoms with Crippen molar-refractivity contribution in [3.63, 3.8) is 0 Å². The van der Waals surface area contributed by atoms with Crippen LogP contribution in [0.1, 0.15) is 6.92 Å². The molecule has 0 bridgehead atoms. The summed E-state index contributed by atoms with van der Waals surface area (Å²) in [5.41, 5.74) is 0.0104. The molecule has 66 valence electrons. The molecule has 1 atom stereocenters. The number of ether oxygens (including phenoxy) is 2. The zero-order valence-corrected chi connectivity index (χ0v) is 7.70. The molecule has 1 spiro atoms. The van der Waals surface area contributed by atoms with Gasteiger partial charge in [-0.05, 0) is 0 Å². The summed E-state index contributed by atoms with van der Waals surface area (Å²) in [5, 5.41) is 0. The molecule has 0 radical (unpaired) electrons. The molecule has 0 aliphatic heterocycles. The van der Waals surface area contributed by atoms with Crippen molar-refractivity contribution in [3.05, 3.63) is 24.3 Å². The van der Waals surface area contributed by atoms with Crippen molar-refractivity contribution in [3.8, 4) is 0 Å². The molecule has 0 N–H and O–H groups in total. The van der Waals surface area contributed by atoms with E-state index in [1.165, 1.54) is 0 Å². The monoisotopic (exact) mass is 166 g/mol. The highest BCUT2D eigenvalue weighted by molar-refractivity contribution is 5.40. The fraction of sp³-hybridized carbons (Fsp3) is 0.600. The van der Waals surface area contributed by atoms with Crippen LogP contribution in [0.5, 0.6) is 0 Å². The number of hydrogen-bond donors (Lipinski definition) is 0. The van der Waals surface area contributed by atoms with Gasteiger partial charge in [0.2, 0.25) is 0 Å². The molecule has 0 aromatic carbocycles. The van der Waals surface area contributed by atoms with Crippen LogP contribution in [0.4, 0.5) is 0 Å². The first kappa shape index (κ1) is 8.02. The number of methoxy groups -OCH3 is 2. The molecule has 0 aromatic heterocycles. The van der Waals surface area contributed by atoms with E-state index in [-0.39, 0.29) is 5.41 Å². The van der Waals surface area contributed by atoms with Crippen molar-refractivity contribution < 1.29 is 9.47 Å². The minimum Gasteiger partial charge on any atom is -0.352 e. The Balaban J connectivity index is 2.33. The molecule has 2 aliphatic rings. The molecule has 2 aliphatic carbocycles. The Hall–Kier alpha value is -0.600. The largest absolute Gasteiger partial charge is 0.352 e. The van der Waals surface area contributed by atoms with Crippen LogP contribution >= 0.6 is 0 Å². The van der Waals surface area contributed by atoms with Crippen molar-refractivity contribution in [1.29, 1.82) is 0 Å². The van der Waals surface area contributed by atoms with E-state index >= 15 is 0 Å². The highest BCUT2D eigenvalue weighted by atomic mass is 16.7. The topological polar surface area (TPSA) is 18.5 Å². The van der Waals surface area contributed by atoms with Crippen molar-refractivity contribution in [2.75, 3.05) is 14.2 Å². The molecular formula is C10H14O2. The highest BCUT2D eigenvalue weighted by Crippen LogP contribution is 2.67. The van der Waals surface area contributed by atoms with Gasteiger partial charge in [0.15, 0.2) is 5.79 Å². The van der Waals surface area contributed by atoms with E-state index < -0.39 is 5.79 Å². The summed E-state index contributed by atoms with van der Waals surface area (Å²) < 4.78 is 10.8. The third kappa shape index (κ3) is 0.595. The van der Waals surface area contributed by atoms with Crippen LogP contribution in [0.3, 0.4) is 0 Å². The van der Waals surface area contributed by atoms with Crippen LogP contribution in [0.2, 0.25) is 0 Å². The van der Waals surface area contributed by atoms with Gasteiger partial charge in [-0.3, -0.25) is 0 Å². The summed E-state index contributed by atoms with van der Waals surface area (Å²) in [6.45, 7) is 2.15. The molecular weight excluding hydrogens is 152 g/mol. The molecule has 0 aromatic rings. The van der Waals surface area contributed by atoms with Crippen LogP contribution in [0.15, 0.2) is 24.3 Å². The standard InChI is InChI=1S/C10H14O2/c1-8-9(6-4-5-7-9)10(8,11-2)12-3/h4-8H,1-3H3. The van der Waals surface area contributed by atoms with Crippen LogP contribution in [0.25, 0.3) is 0 Å². The summed E-state index contributed by atoms with van der Waals surface area (Å²) >= 11 is 0. The first-order chi connectivity index (χ1) is 5.73. The van der Waals surface area contributed by atoms with Gasteiger partial charge in [0.05, 0.1) is 5.41 Å². The Kier molecular flexibility index (Phi) is 1.48. The minimum atomic E-state index is -0.406. The smallest absolute Gasteiger partial charge is 0.184 e. The Morgan fingerprint density at radius 1 is 1.08 bits per heavy atom. The lowest BCUT2D eigenvalue weighted by molar-refractivity contribution is -0.151. The van der Waals surface area contributed by atoms with Gasteiger partial charge in [-0.25, -0.2) is 0 Å². The highest BCUT2D eigenvalue weighted by Gasteiger charge is 2.74. The molecule has 0 saturated heterocycles. The second-order valence-electron chi connectivity index (χ2n) is 3.45. The second kappa shape index (κ2) is 2.21. The van der Waals surface area contributed by atoms with Crippen LogP contribution in [-0.4, -0.2) is 20.0 Å². The van der Waals surface area contributed by atoms with Crippen LogP contribution in [-0.2, 0) is 9.47 Å². The first-order valence-electron chi connectivity index (χ1n) is 4.21. The van der Waals surface area contributed by atoms with Gasteiger partial charge in [-0.1, -0.05) is 31.2 Å². The molecule has 1 unspecified atom stereocenters. The third-order valence-corrected chi connectivity index (χ3v) is 3.27. The molecule has 2 nitrogen and oxygen atoms in total. The zero-order chi connectivity index (χ0) is 8.82. The quantitative estimate of drug-likeness (QED) is 0.582. The normalized spacial score (nSPS) is 33.1. The van der Waals surface area contributed by atoms with Gasteiger partial charge in [0.25, 0.3) is 0 Å². The number of allylic oxidation sites excluding steroid dienone is 2. The molecule has 1 fully saturated rings. The third-order valence-electron chi connectivity index (χ3n) is 3.27. The van der Waals surface area contributed by atoms with E-state index in [9.17, 15) is 0 Å². The molecule has 12 heavy (non-hydrogen) atoms. The van der Waals surface area contributed by atoms with Crippen LogP contribution in [0, 0.1) is 11.3 Å². The SMILES string of the molecule is COC1(OC)C(C)C12C=CC=C2. The summed E-state index contributed by atoms with van der Waals surface area (Å²) in [6.07, 6.45) is 8.42. The maximum absolute atomic E-state index is 5.42. The van der Waals surface area contributed by atoms with Crippen molar-refractivity contribution in [1.82, 2.24) is 0 Å². The van der Waals surface area contributed by atoms with E-state index in [0.29, 0.717) is 5.92 Å². The fourth-order valence-electron chi connectivity index (χ4n) is 2.44. The van der Waals surface area contributed by atoms with Crippen molar-refractivity contribution in [2.24, 2.45) is 11.3 Å². The molecule has 2 rings (SSSR count). The van der Waals surface area contributed by atoms with Gasteiger partial charge < -0.3 is 9.47 Å². The Labute approximate surface area is 72.9 Å². The van der Waals surface area contributed by atoms with Crippen molar-refractivity contribution >= 4 is 0 Å². The Morgan fingerprint density at radius 2 is 1.58 bits per heavy atom. The van der Waals surface area contributed by atoms with Gasteiger partial charge in [-0.2, -0.15) is 0 Å². The lowest BCUT2D eigenvalue weighted by atomic mass is 10.1. The average molecular weight is 166 g/mol. The molecule has 0 amide bonds. The predicted octanol–water partition coefficient (Wildman–Crippen LogP) is 1.74. The molecule has 1 saturated carbocycles. The van der Waals surface area contributed by atoms with E-state index in [1.54, 1.807) is 14.2 Å². The van der Waals surface area contributed by atoms with E-state index in [2.05, 4.69) is 31.2 Å². The van der Waals surface area contributed by atoms with Gasteiger partial charge in [0.1, 0.15) is 0 Å². The maximum atomic E-state index is 5.42. The maximum Gasteiger partial charge on any atom is 0.184 e. The Bertz CT molecular complexity index is 237. The Morgan fingerprint density at radius 3 is 1.92 bits per heavy atom. The molecule has 0 heterocycles. The van der Waals surface area contributed by atoms with Gasteiger partial charge in [0, 0.05) is 20.1 Å². The van der Waals surface area contributed by atoms with Crippen LogP contribution < -0.4 is 0 Å².